The second-order valence-corrected chi connectivity index (χ2v) is 5.06. The van der Waals surface area contributed by atoms with Gasteiger partial charge in [-0.2, -0.15) is 5.10 Å². The molecule has 5 heteroatoms. The molecule has 0 unspecified atom stereocenters. The van der Waals surface area contributed by atoms with E-state index >= 15 is 0 Å². The van der Waals surface area contributed by atoms with E-state index in [1.54, 1.807) is 13.2 Å². The molecule has 0 radical (unpaired) electrons. The Morgan fingerprint density at radius 1 is 1.65 bits per heavy atom. The van der Waals surface area contributed by atoms with Crippen molar-refractivity contribution < 1.29 is 4.79 Å². The maximum atomic E-state index is 12.4. The van der Waals surface area contributed by atoms with Crippen molar-refractivity contribution in [2.24, 2.45) is 13.0 Å². The Morgan fingerprint density at radius 3 is 2.71 bits per heavy atom. The summed E-state index contributed by atoms with van der Waals surface area (Å²) >= 11 is 0. The third-order valence-corrected chi connectivity index (χ3v) is 3.25. The fraction of sp³-hybridized carbons (Fsp3) is 0.667. The number of aromatic nitrogens is 2. The van der Waals surface area contributed by atoms with E-state index in [9.17, 15) is 4.79 Å². The van der Waals surface area contributed by atoms with E-state index < -0.39 is 0 Å². The number of carbonyl (C=O) groups excluding carboxylic acids is 1. The van der Waals surface area contributed by atoms with Crippen LogP contribution < -0.4 is 5.73 Å². The molecule has 94 valence electrons. The lowest BCUT2D eigenvalue weighted by Crippen LogP contribution is -2.38. The first kappa shape index (κ1) is 12.0. The van der Waals surface area contributed by atoms with Crippen LogP contribution in [-0.4, -0.2) is 33.2 Å². The molecule has 2 rings (SSSR count). The summed E-state index contributed by atoms with van der Waals surface area (Å²) < 4.78 is 1.53. The Balaban J connectivity index is 2.17. The Labute approximate surface area is 102 Å². The van der Waals surface area contributed by atoms with Crippen LogP contribution in [0.3, 0.4) is 0 Å². The number of anilines is 1. The molecular weight excluding hydrogens is 216 g/mol. The second-order valence-electron chi connectivity index (χ2n) is 5.06. The molecule has 17 heavy (non-hydrogen) atoms. The molecule has 1 amide bonds. The molecule has 1 saturated carbocycles. The lowest BCUT2D eigenvalue weighted by molar-refractivity contribution is 0.0697. The number of rotatable bonds is 4. The van der Waals surface area contributed by atoms with Gasteiger partial charge in [0.1, 0.15) is 11.4 Å². The van der Waals surface area contributed by atoms with Gasteiger partial charge in [0.25, 0.3) is 5.91 Å². The Hall–Kier alpha value is -1.52. The van der Waals surface area contributed by atoms with Gasteiger partial charge in [-0.15, -0.1) is 0 Å². The quantitative estimate of drug-likeness (QED) is 0.856. The molecule has 5 nitrogen and oxygen atoms in total. The van der Waals surface area contributed by atoms with E-state index in [4.69, 9.17) is 5.73 Å². The minimum Gasteiger partial charge on any atom is -0.383 e. The van der Waals surface area contributed by atoms with Crippen LogP contribution >= 0.6 is 0 Å². The highest BCUT2D eigenvalue weighted by atomic mass is 16.2. The van der Waals surface area contributed by atoms with E-state index in [1.807, 2.05) is 18.7 Å². The Morgan fingerprint density at radius 2 is 2.29 bits per heavy atom. The summed E-state index contributed by atoms with van der Waals surface area (Å²) in [7, 11) is 1.74. The third-order valence-electron chi connectivity index (χ3n) is 3.25. The summed E-state index contributed by atoms with van der Waals surface area (Å²) in [5, 5.41) is 4.02. The minimum absolute atomic E-state index is 0.00231. The first-order valence-electron chi connectivity index (χ1n) is 6.09. The van der Waals surface area contributed by atoms with Crippen LogP contribution in [0.5, 0.6) is 0 Å². The average Bonchev–Trinajstić information content (AvgIpc) is 3.03. The van der Waals surface area contributed by atoms with Crippen molar-refractivity contribution >= 4 is 11.7 Å². The number of carbonyl (C=O) groups is 1. The van der Waals surface area contributed by atoms with Gasteiger partial charge in [-0.1, -0.05) is 0 Å². The Kier molecular flexibility index (Phi) is 3.09. The van der Waals surface area contributed by atoms with E-state index in [0.717, 1.165) is 6.54 Å². The van der Waals surface area contributed by atoms with Gasteiger partial charge < -0.3 is 10.6 Å². The van der Waals surface area contributed by atoms with Gasteiger partial charge in [0.2, 0.25) is 0 Å². The summed E-state index contributed by atoms with van der Waals surface area (Å²) in [4.78, 5) is 14.3. The van der Waals surface area contributed by atoms with E-state index in [0.29, 0.717) is 17.3 Å². The molecule has 1 aromatic heterocycles. The van der Waals surface area contributed by atoms with Gasteiger partial charge in [-0.05, 0) is 32.6 Å². The van der Waals surface area contributed by atoms with Crippen molar-refractivity contribution in [2.45, 2.75) is 32.7 Å². The summed E-state index contributed by atoms with van der Waals surface area (Å²) in [6.45, 7) is 4.91. The van der Waals surface area contributed by atoms with Gasteiger partial charge in [-0.25, -0.2) is 0 Å². The van der Waals surface area contributed by atoms with Crippen LogP contribution in [0, 0.1) is 5.92 Å². The first-order valence-corrected chi connectivity index (χ1v) is 6.09. The molecule has 0 spiro atoms. The maximum Gasteiger partial charge on any atom is 0.259 e. The van der Waals surface area contributed by atoms with Crippen LogP contribution in [0.15, 0.2) is 6.20 Å². The highest BCUT2D eigenvalue weighted by Gasteiger charge is 2.30. The molecule has 0 aromatic carbocycles. The monoisotopic (exact) mass is 236 g/mol. The largest absolute Gasteiger partial charge is 0.383 e. The molecule has 1 aliphatic carbocycles. The molecule has 1 fully saturated rings. The van der Waals surface area contributed by atoms with Crippen LogP contribution in [0.2, 0.25) is 0 Å². The van der Waals surface area contributed by atoms with Crippen LogP contribution in [0.1, 0.15) is 37.0 Å². The second kappa shape index (κ2) is 4.39. The number of hydrogen-bond donors (Lipinski definition) is 1. The predicted molar refractivity (Wildman–Crippen MR) is 66.5 cm³/mol. The van der Waals surface area contributed by atoms with Crippen molar-refractivity contribution in [3.8, 4) is 0 Å². The average molecular weight is 236 g/mol. The number of hydrogen-bond acceptors (Lipinski definition) is 3. The number of nitrogens with two attached hydrogens (primary N) is 1. The van der Waals surface area contributed by atoms with Crippen LogP contribution in [0.4, 0.5) is 5.82 Å². The SMILES string of the molecule is CC(C)N(CC1CC1)C(=O)c1cnn(C)c1N. The zero-order valence-electron chi connectivity index (χ0n) is 10.7. The van der Waals surface area contributed by atoms with Gasteiger partial charge in [0, 0.05) is 19.6 Å². The summed E-state index contributed by atoms with van der Waals surface area (Å²) in [5.41, 5.74) is 6.36. The molecule has 0 aliphatic heterocycles. The van der Waals surface area contributed by atoms with E-state index in [1.165, 1.54) is 17.5 Å². The molecule has 0 atom stereocenters. The molecular formula is C12H20N4O. The van der Waals surface area contributed by atoms with Gasteiger partial charge in [0.05, 0.1) is 6.20 Å². The number of aryl methyl sites for hydroxylation is 1. The molecule has 1 heterocycles. The van der Waals surface area contributed by atoms with Crippen molar-refractivity contribution in [3.63, 3.8) is 0 Å². The highest BCUT2D eigenvalue weighted by Crippen LogP contribution is 2.31. The number of nitrogen functional groups attached to an aromatic ring is 1. The molecule has 2 N–H and O–H groups in total. The van der Waals surface area contributed by atoms with Crippen molar-refractivity contribution in [1.29, 1.82) is 0 Å². The third kappa shape index (κ3) is 2.43. The van der Waals surface area contributed by atoms with Crippen molar-refractivity contribution in [1.82, 2.24) is 14.7 Å². The van der Waals surface area contributed by atoms with Crippen LogP contribution in [-0.2, 0) is 7.05 Å². The lowest BCUT2D eigenvalue weighted by atomic mass is 10.2. The topological polar surface area (TPSA) is 64.2 Å². The predicted octanol–water partition coefficient (Wildman–Crippen LogP) is 1.26. The fourth-order valence-corrected chi connectivity index (χ4v) is 1.87. The fourth-order valence-electron chi connectivity index (χ4n) is 1.87. The van der Waals surface area contributed by atoms with E-state index in [-0.39, 0.29) is 11.9 Å². The Bertz CT molecular complexity index is 420. The van der Waals surface area contributed by atoms with Crippen LogP contribution in [0.25, 0.3) is 0 Å². The highest BCUT2D eigenvalue weighted by molar-refractivity contribution is 5.98. The summed E-state index contributed by atoms with van der Waals surface area (Å²) in [5.74, 6) is 1.12. The lowest BCUT2D eigenvalue weighted by Gasteiger charge is -2.26. The normalized spacial score (nSPS) is 15.3. The van der Waals surface area contributed by atoms with Gasteiger partial charge in [-0.3, -0.25) is 9.48 Å². The summed E-state index contributed by atoms with van der Waals surface area (Å²) in [6.07, 6.45) is 4.03. The maximum absolute atomic E-state index is 12.4. The molecule has 0 bridgehead atoms. The van der Waals surface area contributed by atoms with Crippen molar-refractivity contribution in [3.05, 3.63) is 11.8 Å². The standard InChI is InChI=1S/C12H20N4O/c1-8(2)16(7-9-4-5-9)12(17)10-6-14-15(3)11(10)13/h6,8-9H,4-5,7,13H2,1-3H3. The first-order chi connectivity index (χ1) is 8.00. The smallest absolute Gasteiger partial charge is 0.259 e. The van der Waals surface area contributed by atoms with Gasteiger partial charge >= 0.3 is 0 Å². The number of amides is 1. The zero-order chi connectivity index (χ0) is 12.6. The van der Waals surface area contributed by atoms with E-state index in [2.05, 4.69) is 5.10 Å². The zero-order valence-corrected chi connectivity index (χ0v) is 10.7. The minimum atomic E-state index is -0.00231. The van der Waals surface area contributed by atoms with Crippen molar-refractivity contribution in [2.75, 3.05) is 12.3 Å². The molecule has 0 saturated heterocycles. The molecule has 1 aromatic rings. The number of nitrogens with zero attached hydrogens (tertiary/aromatic N) is 3. The summed E-state index contributed by atoms with van der Waals surface area (Å²) in [6, 6.07) is 0.197. The molecule has 1 aliphatic rings. The van der Waals surface area contributed by atoms with Gasteiger partial charge in [0.15, 0.2) is 0 Å².